The van der Waals surface area contributed by atoms with E-state index in [2.05, 4.69) is 0 Å². The van der Waals surface area contributed by atoms with Crippen LogP contribution in [0.25, 0.3) is 0 Å². The molecular formula is C12H20N2O12-2. The van der Waals surface area contributed by atoms with Crippen LogP contribution < -0.4 is 0 Å². The summed E-state index contributed by atoms with van der Waals surface area (Å²) in [5.74, 6) is -1.95. The average Bonchev–Trinajstić information content (AvgIpc) is 2.57. The van der Waals surface area contributed by atoms with Crippen molar-refractivity contribution in [2.75, 3.05) is 19.7 Å². The molecule has 0 aromatic heterocycles. The van der Waals surface area contributed by atoms with Crippen LogP contribution >= 0.6 is 0 Å². The molecule has 1 heterocycles. The molecule has 0 saturated carbocycles. The molecule has 5 atom stereocenters. The number of carbonyl (C=O) groups excluding carboxylic acids is 2. The Hall–Kier alpha value is -1.46. The first kappa shape index (κ1) is 22.6. The second-order valence-corrected chi connectivity index (χ2v) is 5.34. The second-order valence-electron chi connectivity index (χ2n) is 5.34. The highest BCUT2D eigenvalue weighted by Crippen LogP contribution is 2.23. The summed E-state index contributed by atoms with van der Waals surface area (Å²) in [4.78, 5) is 22.9. The Kier molecular flexibility index (Phi) is 9.23. The van der Waals surface area contributed by atoms with E-state index in [-0.39, 0.29) is 0 Å². The molecule has 0 bridgehead atoms. The van der Waals surface area contributed by atoms with E-state index in [9.17, 15) is 35.3 Å². The molecule has 0 amide bonds. The van der Waals surface area contributed by atoms with Gasteiger partial charge in [0.1, 0.15) is 31.0 Å². The van der Waals surface area contributed by atoms with Crippen molar-refractivity contribution < 1.29 is 49.5 Å². The number of rotatable bonds is 9. The van der Waals surface area contributed by atoms with Gasteiger partial charge in [0.25, 0.3) is 0 Å². The zero-order chi connectivity index (χ0) is 19.9. The Morgan fingerprint density at radius 1 is 0.923 bits per heavy atom. The van der Waals surface area contributed by atoms with Crippen molar-refractivity contribution in [2.24, 2.45) is 0 Å². The third-order valence-corrected chi connectivity index (χ3v) is 3.34. The number of esters is 2. The van der Waals surface area contributed by atoms with Crippen molar-refractivity contribution in [3.8, 4) is 0 Å². The summed E-state index contributed by atoms with van der Waals surface area (Å²) in [6, 6.07) is 0. The van der Waals surface area contributed by atoms with E-state index in [4.69, 9.17) is 24.6 Å². The lowest BCUT2D eigenvalue weighted by atomic mass is 9.99. The lowest BCUT2D eigenvalue weighted by Crippen LogP contribution is -2.59. The molecule has 0 spiro atoms. The normalized spacial score (nSPS) is 29.0. The van der Waals surface area contributed by atoms with Gasteiger partial charge in [-0.1, -0.05) is 0 Å². The minimum atomic E-state index is -1.82. The molecule has 152 valence electrons. The summed E-state index contributed by atoms with van der Waals surface area (Å²) in [5, 5.41) is 65.8. The molecule has 1 aliphatic heterocycles. The highest BCUT2D eigenvalue weighted by molar-refractivity contribution is 5.70. The van der Waals surface area contributed by atoms with Crippen LogP contribution in [0.5, 0.6) is 0 Å². The molecule has 5 unspecified atom stereocenters. The van der Waals surface area contributed by atoms with Gasteiger partial charge in [-0.15, -0.1) is 0 Å². The van der Waals surface area contributed by atoms with E-state index in [1.54, 1.807) is 0 Å². The van der Waals surface area contributed by atoms with E-state index in [1.165, 1.54) is 0 Å². The Bertz CT molecular complexity index is 459. The quantitative estimate of drug-likeness (QED) is 0.198. The molecule has 0 aliphatic carbocycles. The van der Waals surface area contributed by atoms with Gasteiger partial charge in [0.05, 0.1) is 12.8 Å². The van der Waals surface area contributed by atoms with Gasteiger partial charge in [-0.05, 0) is 0 Å². The van der Waals surface area contributed by atoms with Crippen LogP contribution in [0.4, 0.5) is 0 Å². The predicted molar refractivity (Wildman–Crippen MR) is 76.7 cm³/mol. The number of aliphatic hydroxyl groups excluding tert-OH is 3. The maximum Gasteiger partial charge on any atom is 0.309 e. The molecular weight excluding hydrogens is 364 g/mol. The average molecular weight is 384 g/mol. The number of nitrogens with zero attached hydrogens (tertiary/aromatic N) is 2. The molecule has 1 fully saturated rings. The van der Waals surface area contributed by atoms with E-state index in [0.29, 0.717) is 0 Å². The summed E-state index contributed by atoms with van der Waals surface area (Å²) in [5.41, 5.74) is 0. The topological polar surface area (TPSA) is 216 Å². The van der Waals surface area contributed by atoms with Crippen LogP contribution in [-0.4, -0.2) is 98.5 Å². The van der Waals surface area contributed by atoms with Crippen molar-refractivity contribution in [3.63, 3.8) is 0 Å². The molecule has 1 saturated heterocycles. The molecule has 0 radical (unpaired) electrons. The van der Waals surface area contributed by atoms with Gasteiger partial charge in [0, 0.05) is 13.1 Å². The van der Waals surface area contributed by atoms with Crippen LogP contribution in [-0.2, 0) is 23.8 Å². The molecule has 14 heteroatoms. The van der Waals surface area contributed by atoms with Crippen molar-refractivity contribution in [1.82, 2.24) is 10.5 Å². The molecule has 0 aromatic rings. The Balaban J connectivity index is 2.55. The van der Waals surface area contributed by atoms with Gasteiger partial charge in [-0.25, -0.2) is 0 Å². The van der Waals surface area contributed by atoms with E-state index >= 15 is 0 Å². The van der Waals surface area contributed by atoms with Gasteiger partial charge >= 0.3 is 11.9 Å². The molecule has 5 N–H and O–H groups in total. The van der Waals surface area contributed by atoms with Crippen LogP contribution in [0.15, 0.2) is 0 Å². The second kappa shape index (κ2) is 10.6. The summed E-state index contributed by atoms with van der Waals surface area (Å²) < 4.78 is 14.5. The zero-order valence-corrected chi connectivity index (χ0v) is 13.4. The summed E-state index contributed by atoms with van der Waals surface area (Å²) in [7, 11) is 0. The maximum absolute atomic E-state index is 11.5. The SMILES string of the molecule is O=C(CCN([O-])O)OCC1OC(OC(=O)CCN([O-])O)C(O)C(O)C1O. The van der Waals surface area contributed by atoms with Crippen LogP contribution in [0, 0.1) is 10.4 Å². The molecule has 1 aliphatic rings. The van der Waals surface area contributed by atoms with Crippen LogP contribution in [0.1, 0.15) is 12.8 Å². The largest absolute Gasteiger partial charge is 0.762 e. The van der Waals surface area contributed by atoms with E-state index in [0.717, 1.165) is 0 Å². The van der Waals surface area contributed by atoms with Gasteiger partial charge in [-0.3, -0.25) is 20.0 Å². The minimum Gasteiger partial charge on any atom is -0.762 e. The van der Waals surface area contributed by atoms with Crippen molar-refractivity contribution in [2.45, 2.75) is 43.5 Å². The first-order valence-corrected chi connectivity index (χ1v) is 7.43. The lowest BCUT2D eigenvalue weighted by Gasteiger charge is -2.39. The monoisotopic (exact) mass is 384 g/mol. The standard InChI is InChI=1S/C12H20N2O12/c15-7(1-3-13(20)21)24-5-6-9(17)10(18)11(19)12(25-6)26-8(16)2-4-14(22)23/h6,9-12,17-20,22H,1-5H2/q-2. The number of aliphatic hydroxyl groups is 3. The van der Waals surface area contributed by atoms with Gasteiger partial charge in [0.2, 0.25) is 6.29 Å². The summed E-state index contributed by atoms with van der Waals surface area (Å²) >= 11 is 0. The molecule has 1 rings (SSSR count). The summed E-state index contributed by atoms with van der Waals surface area (Å²) in [6.07, 6.45) is -9.40. The molecule has 26 heavy (non-hydrogen) atoms. The Morgan fingerprint density at radius 2 is 1.46 bits per heavy atom. The van der Waals surface area contributed by atoms with Gasteiger partial charge < -0.3 is 50.4 Å². The van der Waals surface area contributed by atoms with Crippen molar-refractivity contribution in [1.29, 1.82) is 0 Å². The number of ether oxygens (including phenoxy) is 3. The highest BCUT2D eigenvalue weighted by Gasteiger charge is 2.46. The van der Waals surface area contributed by atoms with Crippen LogP contribution in [0.3, 0.4) is 0 Å². The molecule has 14 nitrogen and oxygen atoms in total. The third kappa shape index (κ3) is 7.42. The summed E-state index contributed by atoms with van der Waals surface area (Å²) in [6.45, 7) is -1.75. The van der Waals surface area contributed by atoms with Crippen LogP contribution in [0.2, 0.25) is 0 Å². The number of hydroxylamine groups is 4. The van der Waals surface area contributed by atoms with Gasteiger partial charge in [0.15, 0.2) is 0 Å². The number of hydrogen-bond donors (Lipinski definition) is 5. The highest BCUT2D eigenvalue weighted by atomic mass is 16.8. The van der Waals surface area contributed by atoms with E-state index in [1.807, 2.05) is 0 Å². The lowest BCUT2D eigenvalue weighted by molar-refractivity contribution is -0.293. The first-order valence-electron chi connectivity index (χ1n) is 7.43. The van der Waals surface area contributed by atoms with E-state index < -0.39 is 85.6 Å². The fraction of sp³-hybridized carbons (Fsp3) is 0.833. The van der Waals surface area contributed by atoms with Crippen molar-refractivity contribution >= 4 is 11.9 Å². The van der Waals surface area contributed by atoms with Crippen molar-refractivity contribution in [3.05, 3.63) is 10.4 Å². The number of carbonyl (C=O) groups is 2. The maximum atomic E-state index is 11.5. The third-order valence-electron chi connectivity index (χ3n) is 3.34. The van der Waals surface area contributed by atoms with Gasteiger partial charge in [-0.2, -0.15) is 0 Å². The smallest absolute Gasteiger partial charge is 0.309 e. The Labute approximate surface area is 146 Å². The molecule has 0 aromatic carbocycles. The predicted octanol–water partition coefficient (Wildman–Crippen LogP) is -2.96. The zero-order valence-electron chi connectivity index (χ0n) is 13.4. The first-order chi connectivity index (χ1) is 12.1. The fourth-order valence-electron chi connectivity index (χ4n) is 1.96. The minimum absolute atomic E-state index is 0.459. The Morgan fingerprint density at radius 3 is 2.00 bits per heavy atom. The fourth-order valence-corrected chi connectivity index (χ4v) is 1.96. The number of hydrogen-bond acceptors (Lipinski definition) is 14.